The van der Waals surface area contributed by atoms with E-state index < -0.39 is 17.6 Å². The Balaban J connectivity index is 1.93. The van der Waals surface area contributed by atoms with Crippen LogP contribution in [0.2, 0.25) is 0 Å². The maximum atomic E-state index is 14.6. The highest BCUT2D eigenvalue weighted by atomic mass is 32.1. The zero-order chi connectivity index (χ0) is 24.0. The van der Waals surface area contributed by atoms with E-state index in [9.17, 15) is 18.4 Å². The van der Waals surface area contributed by atoms with Crippen LogP contribution in [0.4, 0.5) is 8.78 Å². The summed E-state index contributed by atoms with van der Waals surface area (Å²) < 4.78 is 36.0. The first-order valence-electron chi connectivity index (χ1n) is 10.6. The monoisotopic (exact) mass is 479 g/mol. The Morgan fingerprint density at radius 3 is 2.76 bits per heavy atom. The molecule has 0 amide bonds. The van der Waals surface area contributed by atoms with Crippen LogP contribution in [0.1, 0.15) is 28.0 Å². The molecule has 3 heterocycles. The van der Waals surface area contributed by atoms with Gasteiger partial charge in [-0.25, -0.2) is 18.6 Å². The van der Waals surface area contributed by atoms with Gasteiger partial charge in [-0.3, -0.25) is 4.79 Å². The first kappa shape index (κ1) is 22.0. The summed E-state index contributed by atoms with van der Waals surface area (Å²) in [5.74, 6) is -2.08. The number of hydrogen-bond acceptors (Lipinski definition) is 5. The minimum Gasteiger partial charge on any atom is -0.461 e. The highest BCUT2D eigenvalue weighted by molar-refractivity contribution is 7.18. The number of rotatable bonds is 5. The summed E-state index contributed by atoms with van der Waals surface area (Å²) in [4.78, 5) is 33.5. The van der Waals surface area contributed by atoms with Crippen LogP contribution in [0.25, 0.3) is 32.2 Å². The Hall–Kier alpha value is -3.85. The second-order valence-corrected chi connectivity index (χ2v) is 8.95. The number of nitrogens with zero attached hydrogens (tertiary/aromatic N) is 2. The molecule has 0 radical (unpaired) electrons. The number of aromatic nitrogens is 3. The Kier molecular flexibility index (Phi) is 5.49. The molecule has 6 nitrogen and oxygen atoms in total. The first-order valence-corrected chi connectivity index (χ1v) is 11.4. The van der Waals surface area contributed by atoms with Crippen LogP contribution in [-0.2, 0) is 11.3 Å². The maximum Gasteiger partial charge on any atom is 0.355 e. The van der Waals surface area contributed by atoms with E-state index in [0.717, 1.165) is 15.8 Å². The highest BCUT2D eigenvalue weighted by Gasteiger charge is 2.29. The van der Waals surface area contributed by atoms with Crippen molar-refractivity contribution in [2.24, 2.45) is 0 Å². The number of carbonyl (C=O) groups excluding carboxylic acids is 1. The van der Waals surface area contributed by atoms with Gasteiger partial charge in [-0.15, -0.1) is 11.3 Å². The molecule has 0 saturated carbocycles. The fourth-order valence-electron chi connectivity index (χ4n) is 4.22. The van der Waals surface area contributed by atoms with Gasteiger partial charge in [-0.1, -0.05) is 6.07 Å². The minimum absolute atomic E-state index is 0.0733. The second kappa shape index (κ2) is 8.49. The number of aromatic amines is 1. The lowest BCUT2D eigenvalue weighted by Crippen LogP contribution is -2.16. The zero-order valence-electron chi connectivity index (χ0n) is 18.3. The first-order chi connectivity index (χ1) is 16.4. The van der Waals surface area contributed by atoms with Gasteiger partial charge in [-0.2, -0.15) is 0 Å². The van der Waals surface area contributed by atoms with Crippen LogP contribution in [0.5, 0.6) is 0 Å². The molecule has 5 aromatic rings. The lowest BCUT2D eigenvalue weighted by atomic mass is 10.0. The van der Waals surface area contributed by atoms with E-state index in [0.29, 0.717) is 22.0 Å². The molecule has 172 valence electrons. The summed E-state index contributed by atoms with van der Waals surface area (Å²) in [7, 11) is 0. The Labute approximate surface area is 196 Å². The maximum absolute atomic E-state index is 14.6. The molecule has 0 unspecified atom stereocenters. The molecular weight excluding hydrogens is 460 g/mol. The van der Waals surface area contributed by atoms with Crippen molar-refractivity contribution in [3.63, 3.8) is 0 Å². The minimum atomic E-state index is -0.735. The fourth-order valence-corrected chi connectivity index (χ4v) is 5.05. The number of carbonyl (C=O) groups is 1. The number of H-pyrrole nitrogens is 1. The van der Waals surface area contributed by atoms with Crippen LogP contribution in [0.15, 0.2) is 53.5 Å². The van der Waals surface area contributed by atoms with E-state index in [4.69, 9.17) is 4.74 Å². The van der Waals surface area contributed by atoms with E-state index in [1.807, 2.05) is 19.1 Å². The third-order valence-corrected chi connectivity index (χ3v) is 6.53. The van der Waals surface area contributed by atoms with Crippen LogP contribution >= 0.6 is 11.3 Å². The van der Waals surface area contributed by atoms with Gasteiger partial charge in [0.15, 0.2) is 0 Å². The molecule has 0 saturated heterocycles. The number of thiazole rings is 1. The average Bonchev–Trinajstić information content (AvgIpc) is 3.33. The van der Waals surface area contributed by atoms with Gasteiger partial charge in [0.2, 0.25) is 0 Å². The number of aryl methyl sites for hydroxylation is 1. The molecule has 0 bridgehead atoms. The van der Waals surface area contributed by atoms with Crippen molar-refractivity contribution in [1.29, 1.82) is 0 Å². The van der Waals surface area contributed by atoms with Crippen molar-refractivity contribution >= 4 is 38.4 Å². The Morgan fingerprint density at radius 2 is 2.03 bits per heavy atom. The number of hydrogen-bond donors (Lipinski definition) is 1. The van der Waals surface area contributed by atoms with Crippen molar-refractivity contribution in [1.82, 2.24) is 14.5 Å². The van der Waals surface area contributed by atoms with Gasteiger partial charge >= 0.3 is 5.97 Å². The van der Waals surface area contributed by atoms with Crippen LogP contribution in [0.3, 0.4) is 0 Å². The normalized spacial score (nSPS) is 11.4. The Bertz CT molecular complexity index is 1630. The van der Waals surface area contributed by atoms with Crippen molar-refractivity contribution in [3.8, 4) is 11.1 Å². The van der Waals surface area contributed by atoms with Crippen molar-refractivity contribution in [2.45, 2.75) is 20.4 Å². The molecule has 9 heteroatoms. The summed E-state index contributed by atoms with van der Waals surface area (Å²) in [6.45, 7) is 3.60. The summed E-state index contributed by atoms with van der Waals surface area (Å²) in [6.07, 6.45) is 1.51. The molecule has 0 aliphatic carbocycles. The number of nitrogens with one attached hydrogen (secondary N) is 1. The van der Waals surface area contributed by atoms with E-state index in [1.54, 1.807) is 23.6 Å². The number of benzene rings is 2. The number of esters is 1. The van der Waals surface area contributed by atoms with E-state index in [2.05, 4.69) is 9.97 Å². The number of pyridine rings is 1. The molecule has 0 aliphatic heterocycles. The predicted octanol–water partition coefficient (Wildman–Crippen LogP) is 5.42. The lowest BCUT2D eigenvalue weighted by Gasteiger charge is -2.12. The SMILES string of the molecule is CCOC(=O)c1c(-c2ccc[nH]c2=O)c2c3nc(C)sc3ccc2n1Cc1ccc(F)cc1F. The second-order valence-electron chi connectivity index (χ2n) is 7.72. The van der Waals surface area contributed by atoms with E-state index in [1.165, 1.54) is 29.7 Å². The Morgan fingerprint density at radius 1 is 1.21 bits per heavy atom. The molecule has 3 aromatic heterocycles. The van der Waals surface area contributed by atoms with Gasteiger partial charge in [-0.05, 0) is 44.2 Å². The van der Waals surface area contributed by atoms with Gasteiger partial charge in [0.05, 0.1) is 39.5 Å². The zero-order valence-corrected chi connectivity index (χ0v) is 19.1. The quantitative estimate of drug-likeness (QED) is 0.342. The molecule has 0 aliphatic rings. The molecule has 0 spiro atoms. The lowest BCUT2D eigenvalue weighted by molar-refractivity contribution is 0.0516. The van der Waals surface area contributed by atoms with Crippen LogP contribution in [0, 0.1) is 18.6 Å². The molecule has 2 aromatic carbocycles. The van der Waals surface area contributed by atoms with Crippen molar-refractivity contribution in [3.05, 3.63) is 86.9 Å². The smallest absolute Gasteiger partial charge is 0.355 e. The number of halogens is 2. The third-order valence-electron chi connectivity index (χ3n) is 5.59. The summed E-state index contributed by atoms with van der Waals surface area (Å²) in [5, 5.41) is 1.43. The fraction of sp³-hybridized carbons (Fsp3) is 0.160. The molecule has 5 rings (SSSR count). The largest absolute Gasteiger partial charge is 0.461 e. The summed E-state index contributed by atoms with van der Waals surface area (Å²) in [6, 6.07) is 10.3. The van der Waals surface area contributed by atoms with Crippen LogP contribution in [-0.4, -0.2) is 27.1 Å². The topological polar surface area (TPSA) is 77.0 Å². The number of ether oxygens (including phenoxy) is 1. The molecule has 34 heavy (non-hydrogen) atoms. The average molecular weight is 480 g/mol. The van der Waals surface area contributed by atoms with Crippen molar-refractivity contribution < 1.29 is 18.3 Å². The standard InChI is InChI=1S/C25H19F2N3O3S/c1-3-33-25(32)23-20(16-5-4-10-28-24(16)31)21-18(8-9-19-22(21)29-13(2)34-19)30(23)12-14-6-7-15(26)11-17(14)27/h4-11H,3,12H2,1-2H3,(H,28,31). The van der Waals surface area contributed by atoms with Crippen LogP contribution < -0.4 is 5.56 Å². The predicted molar refractivity (Wildman–Crippen MR) is 127 cm³/mol. The molecular formula is C25H19F2N3O3S. The molecule has 1 N–H and O–H groups in total. The van der Waals surface area contributed by atoms with Gasteiger partial charge in [0, 0.05) is 28.8 Å². The van der Waals surface area contributed by atoms with Gasteiger partial charge in [0.25, 0.3) is 5.56 Å². The third kappa shape index (κ3) is 3.58. The number of fused-ring (bicyclic) bond motifs is 3. The van der Waals surface area contributed by atoms with E-state index >= 15 is 0 Å². The van der Waals surface area contributed by atoms with Gasteiger partial charge < -0.3 is 14.3 Å². The van der Waals surface area contributed by atoms with E-state index in [-0.39, 0.29) is 35.5 Å². The summed E-state index contributed by atoms with van der Waals surface area (Å²) >= 11 is 1.49. The van der Waals surface area contributed by atoms with Crippen molar-refractivity contribution in [2.75, 3.05) is 6.61 Å². The molecule has 0 atom stereocenters. The molecule has 0 fully saturated rings. The summed E-state index contributed by atoms with van der Waals surface area (Å²) in [5.41, 5.74) is 1.78. The van der Waals surface area contributed by atoms with Gasteiger partial charge in [0.1, 0.15) is 17.3 Å². The highest BCUT2D eigenvalue weighted by Crippen LogP contribution is 2.40.